The van der Waals surface area contributed by atoms with Gasteiger partial charge in [-0.25, -0.2) is 0 Å². The van der Waals surface area contributed by atoms with Gasteiger partial charge in [-0.2, -0.15) is 13.2 Å². The molecule has 0 aromatic heterocycles. The molecule has 1 aromatic rings. The molecule has 0 atom stereocenters. The molecule has 1 aliphatic heterocycles. The van der Waals surface area contributed by atoms with Gasteiger partial charge in [-0.15, -0.1) is 0 Å². The molecule has 0 spiro atoms. The van der Waals surface area contributed by atoms with Crippen molar-refractivity contribution in [1.82, 2.24) is 10.2 Å². The maximum atomic E-state index is 12.9. The van der Waals surface area contributed by atoms with Crippen LogP contribution in [0.4, 0.5) is 18.9 Å². The van der Waals surface area contributed by atoms with Gasteiger partial charge in [0.1, 0.15) is 0 Å². The predicted octanol–water partition coefficient (Wildman–Crippen LogP) is 3.31. The van der Waals surface area contributed by atoms with E-state index >= 15 is 0 Å². The largest absolute Gasteiger partial charge is 0.416 e. The van der Waals surface area contributed by atoms with Crippen molar-refractivity contribution in [2.75, 3.05) is 50.7 Å². The standard InChI is InChI=1S/C21H32F3N5/c22-21(23,24)18-7-4-8-19(15-18)29-13-11-28(12-14-29)10-2-1-9-26-20(25)27-16-17-5-3-6-17/h4,7-8,15,17H,1-3,5-6,9-14,16H2,(H3,25,26,27). The maximum Gasteiger partial charge on any atom is 0.416 e. The number of nitrogens with two attached hydrogens (primary N) is 1. The molecule has 1 saturated carbocycles. The summed E-state index contributed by atoms with van der Waals surface area (Å²) in [7, 11) is 0. The third-order valence-corrected chi connectivity index (χ3v) is 5.86. The normalized spacial score (nSPS) is 19.3. The lowest BCUT2D eigenvalue weighted by atomic mass is 9.86. The van der Waals surface area contributed by atoms with Crippen molar-refractivity contribution in [3.63, 3.8) is 0 Å². The van der Waals surface area contributed by atoms with Crippen LogP contribution in [0.1, 0.15) is 37.7 Å². The van der Waals surface area contributed by atoms with Gasteiger partial charge in [0.05, 0.1) is 5.56 Å². The first-order valence-corrected chi connectivity index (χ1v) is 10.6. The molecule has 1 aromatic carbocycles. The molecule has 162 valence electrons. The van der Waals surface area contributed by atoms with Crippen LogP contribution in [0.5, 0.6) is 0 Å². The second-order valence-corrected chi connectivity index (χ2v) is 8.03. The fourth-order valence-corrected chi connectivity index (χ4v) is 3.74. The summed E-state index contributed by atoms with van der Waals surface area (Å²) in [5.74, 6) is 1.27. The highest BCUT2D eigenvalue weighted by Gasteiger charge is 2.31. The Kier molecular flexibility index (Phi) is 7.64. The van der Waals surface area contributed by atoms with E-state index in [1.54, 1.807) is 6.07 Å². The average Bonchev–Trinajstić information content (AvgIpc) is 2.66. The maximum absolute atomic E-state index is 12.9. The van der Waals surface area contributed by atoms with Crippen molar-refractivity contribution >= 4 is 11.6 Å². The molecule has 1 saturated heterocycles. The molecular weight excluding hydrogens is 379 g/mol. The molecule has 0 amide bonds. The Morgan fingerprint density at radius 2 is 1.90 bits per heavy atom. The number of guanidine groups is 1. The third kappa shape index (κ3) is 6.80. The van der Waals surface area contributed by atoms with E-state index in [0.717, 1.165) is 70.6 Å². The highest BCUT2D eigenvalue weighted by Crippen LogP contribution is 2.32. The number of benzene rings is 1. The van der Waals surface area contributed by atoms with Gasteiger partial charge in [0, 0.05) is 45.0 Å². The molecule has 1 aliphatic carbocycles. The van der Waals surface area contributed by atoms with Gasteiger partial charge in [-0.3, -0.25) is 9.89 Å². The number of rotatable bonds is 8. The van der Waals surface area contributed by atoms with E-state index in [4.69, 9.17) is 5.73 Å². The van der Waals surface area contributed by atoms with Gasteiger partial charge in [0.2, 0.25) is 0 Å². The summed E-state index contributed by atoms with van der Waals surface area (Å²) in [5, 5.41) is 3.18. The fraction of sp³-hybridized carbons (Fsp3) is 0.667. The van der Waals surface area contributed by atoms with E-state index in [-0.39, 0.29) is 0 Å². The Morgan fingerprint density at radius 1 is 1.14 bits per heavy atom. The van der Waals surface area contributed by atoms with Crippen LogP contribution in [0.2, 0.25) is 0 Å². The minimum atomic E-state index is -4.29. The first-order chi connectivity index (χ1) is 13.9. The highest BCUT2D eigenvalue weighted by molar-refractivity contribution is 5.77. The number of nitrogens with one attached hydrogen (secondary N) is 1. The van der Waals surface area contributed by atoms with Crippen molar-refractivity contribution in [3.8, 4) is 0 Å². The van der Waals surface area contributed by atoms with Crippen LogP contribution in [0.15, 0.2) is 29.3 Å². The van der Waals surface area contributed by atoms with Gasteiger partial charge in [-0.1, -0.05) is 12.5 Å². The Balaban J connectivity index is 1.30. The van der Waals surface area contributed by atoms with E-state index in [2.05, 4.69) is 15.2 Å². The molecule has 2 fully saturated rings. The van der Waals surface area contributed by atoms with Crippen molar-refractivity contribution < 1.29 is 13.2 Å². The van der Waals surface area contributed by atoms with Crippen molar-refractivity contribution in [2.45, 2.75) is 38.3 Å². The van der Waals surface area contributed by atoms with Gasteiger partial charge in [0.15, 0.2) is 5.96 Å². The first-order valence-electron chi connectivity index (χ1n) is 10.6. The van der Waals surface area contributed by atoms with Crippen molar-refractivity contribution in [2.24, 2.45) is 16.6 Å². The zero-order chi connectivity index (χ0) is 20.7. The lowest BCUT2D eigenvalue weighted by Gasteiger charge is -2.36. The van der Waals surface area contributed by atoms with Crippen LogP contribution in [0.25, 0.3) is 0 Å². The highest BCUT2D eigenvalue weighted by atomic mass is 19.4. The molecule has 5 nitrogen and oxygen atoms in total. The summed E-state index contributed by atoms with van der Waals surface area (Å²) in [6, 6.07) is 5.61. The quantitative estimate of drug-likeness (QED) is 0.392. The monoisotopic (exact) mass is 411 g/mol. The molecule has 0 unspecified atom stereocenters. The van der Waals surface area contributed by atoms with Crippen LogP contribution in [-0.4, -0.2) is 56.7 Å². The average molecular weight is 412 g/mol. The fourth-order valence-electron chi connectivity index (χ4n) is 3.74. The van der Waals surface area contributed by atoms with Crippen LogP contribution < -0.4 is 16.0 Å². The van der Waals surface area contributed by atoms with Gasteiger partial charge < -0.3 is 16.0 Å². The van der Waals surface area contributed by atoms with Gasteiger partial charge in [0.25, 0.3) is 0 Å². The molecule has 0 bridgehead atoms. The molecule has 29 heavy (non-hydrogen) atoms. The van der Waals surface area contributed by atoms with Crippen molar-refractivity contribution in [3.05, 3.63) is 29.8 Å². The van der Waals surface area contributed by atoms with Crippen LogP contribution in [0.3, 0.4) is 0 Å². The summed E-state index contributed by atoms with van der Waals surface area (Å²) in [5.41, 5.74) is 5.96. The number of hydrogen-bond acceptors (Lipinski definition) is 3. The Morgan fingerprint density at radius 3 is 2.55 bits per heavy atom. The predicted molar refractivity (Wildman–Crippen MR) is 111 cm³/mol. The second-order valence-electron chi connectivity index (χ2n) is 8.03. The number of anilines is 1. The molecule has 3 N–H and O–H groups in total. The molecule has 0 radical (unpaired) electrons. The topological polar surface area (TPSA) is 56.9 Å². The smallest absolute Gasteiger partial charge is 0.370 e. The number of unbranched alkanes of at least 4 members (excludes halogenated alkanes) is 1. The summed E-state index contributed by atoms with van der Waals surface area (Å²) in [6.07, 6.45) is 1.66. The number of alkyl halides is 3. The lowest BCUT2D eigenvalue weighted by Crippen LogP contribution is -2.46. The Bertz CT molecular complexity index is 665. The zero-order valence-corrected chi connectivity index (χ0v) is 16.9. The van der Waals surface area contributed by atoms with Gasteiger partial charge in [-0.05, 0) is 56.3 Å². The van der Waals surface area contributed by atoms with Crippen LogP contribution >= 0.6 is 0 Å². The summed E-state index contributed by atoms with van der Waals surface area (Å²) >= 11 is 0. The minimum absolute atomic E-state index is 0.548. The summed E-state index contributed by atoms with van der Waals surface area (Å²) < 4.78 is 38.7. The lowest BCUT2D eigenvalue weighted by molar-refractivity contribution is -0.137. The van der Waals surface area contributed by atoms with Crippen molar-refractivity contribution in [1.29, 1.82) is 0 Å². The van der Waals surface area contributed by atoms with Gasteiger partial charge >= 0.3 is 6.18 Å². The van der Waals surface area contributed by atoms with E-state index in [1.165, 1.54) is 31.4 Å². The second kappa shape index (κ2) is 10.2. The molecule has 1 heterocycles. The number of nitrogens with zero attached hydrogens (tertiary/aromatic N) is 3. The van der Waals surface area contributed by atoms with E-state index in [1.807, 2.05) is 4.90 Å². The van der Waals surface area contributed by atoms with Crippen LogP contribution in [0, 0.1) is 5.92 Å². The first kappa shape index (κ1) is 21.7. The number of aliphatic imine (C=N–C) groups is 1. The Labute approximate surface area is 171 Å². The molecule has 3 rings (SSSR count). The number of piperazine rings is 1. The SMILES string of the molecule is NC(=NCC1CCC1)NCCCCN1CCN(c2cccc(C(F)(F)F)c2)CC1. The molecule has 2 aliphatic rings. The van der Waals surface area contributed by atoms with E-state index < -0.39 is 11.7 Å². The Hall–Kier alpha value is -1.96. The summed E-state index contributed by atoms with van der Waals surface area (Å²) in [6.45, 7) is 5.90. The third-order valence-electron chi connectivity index (χ3n) is 5.86. The summed E-state index contributed by atoms with van der Waals surface area (Å²) in [4.78, 5) is 8.80. The number of halogens is 3. The van der Waals surface area contributed by atoms with E-state index in [9.17, 15) is 13.2 Å². The zero-order valence-electron chi connectivity index (χ0n) is 16.9. The minimum Gasteiger partial charge on any atom is -0.370 e. The van der Waals surface area contributed by atoms with E-state index in [0.29, 0.717) is 11.6 Å². The van der Waals surface area contributed by atoms with Crippen LogP contribution in [-0.2, 0) is 6.18 Å². The molecular formula is C21H32F3N5. The number of hydrogen-bond donors (Lipinski definition) is 2. The molecule has 8 heteroatoms.